The van der Waals surface area contributed by atoms with Gasteiger partial charge in [0.2, 0.25) is 0 Å². The van der Waals surface area contributed by atoms with E-state index >= 15 is 0 Å². The lowest BCUT2D eigenvalue weighted by Crippen LogP contribution is -2.23. The van der Waals surface area contributed by atoms with Gasteiger partial charge in [0.1, 0.15) is 5.75 Å². The van der Waals surface area contributed by atoms with Crippen molar-refractivity contribution in [1.82, 2.24) is 15.5 Å². The molecule has 0 spiro atoms. The molecule has 0 aliphatic heterocycles. The van der Waals surface area contributed by atoms with Gasteiger partial charge in [0.15, 0.2) is 11.5 Å². The Bertz CT molecular complexity index is 1230. The van der Waals surface area contributed by atoms with Crippen LogP contribution >= 0.6 is 11.3 Å². The number of amides is 1. The molecule has 8 nitrogen and oxygen atoms in total. The second-order valence-corrected chi connectivity index (χ2v) is 7.63. The number of benzene rings is 1. The molecule has 1 N–H and O–H groups in total. The van der Waals surface area contributed by atoms with Crippen molar-refractivity contribution >= 4 is 28.3 Å². The molecule has 31 heavy (non-hydrogen) atoms. The molecular weight excluding hydrogens is 418 g/mol. The van der Waals surface area contributed by atoms with Gasteiger partial charge in [-0.05, 0) is 30.5 Å². The third-order valence-corrected chi connectivity index (χ3v) is 5.75. The van der Waals surface area contributed by atoms with Crippen LogP contribution in [0.1, 0.15) is 21.6 Å². The van der Waals surface area contributed by atoms with E-state index in [9.17, 15) is 4.79 Å². The first kappa shape index (κ1) is 20.7. The standard InChI is InChI=1S/C22H21N3O5S/c1-12-20-14(9-15(19-6-5-7-31-19)24-22(20)30-25-12)21(26)23-11-13-8-17(28-3)18(29-4)10-16(13)27-2/h5-10H,11H2,1-4H3,(H,23,26). The second kappa shape index (κ2) is 8.65. The Morgan fingerprint density at radius 2 is 1.84 bits per heavy atom. The Morgan fingerprint density at radius 1 is 1.10 bits per heavy atom. The molecule has 0 unspecified atom stereocenters. The Labute approximate surface area is 182 Å². The number of carbonyl (C=O) groups is 1. The van der Waals surface area contributed by atoms with Gasteiger partial charge in [0.25, 0.3) is 11.6 Å². The summed E-state index contributed by atoms with van der Waals surface area (Å²) in [4.78, 5) is 18.6. The van der Waals surface area contributed by atoms with E-state index in [1.165, 1.54) is 11.3 Å². The van der Waals surface area contributed by atoms with Crippen molar-refractivity contribution < 1.29 is 23.5 Å². The van der Waals surface area contributed by atoms with Crippen LogP contribution in [0.4, 0.5) is 0 Å². The van der Waals surface area contributed by atoms with Crippen LogP contribution in [0.25, 0.3) is 21.7 Å². The largest absolute Gasteiger partial charge is 0.496 e. The summed E-state index contributed by atoms with van der Waals surface area (Å²) >= 11 is 1.54. The quantitative estimate of drug-likeness (QED) is 0.461. The summed E-state index contributed by atoms with van der Waals surface area (Å²) in [5.74, 6) is 1.41. The number of aryl methyl sites for hydroxylation is 1. The first-order valence-corrected chi connectivity index (χ1v) is 10.3. The maximum absolute atomic E-state index is 13.2. The maximum atomic E-state index is 13.2. The van der Waals surface area contributed by atoms with Crippen LogP contribution in [-0.2, 0) is 6.54 Å². The van der Waals surface area contributed by atoms with Gasteiger partial charge in [-0.1, -0.05) is 11.2 Å². The molecule has 0 aliphatic carbocycles. The molecule has 1 aromatic carbocycles. The van der Waals surface area contributed by atoms with E-state index in [-0.39, 0.29) is 12.5 Å². The van der Waals surface area contributed by atoms with Crippen molar-refractivity contribution in [1.29, 1.82) is 0 Å². The minimum absolute atomic E-state index is 0.227. The summed E-state index contributed by atoms with van der Waals surface area (Å²) in [5, 5.41) is 9.48. The molecule has 160 valence electrons. The van der Waals surface area contributed by atoms with Crippen molar-refractivity contribution in [3.8, 4) is 27.8 Å². The van der Waals surface area contributed by atoms with Gasteiger partial charge in [-0.15, -0.1) is 11.3 Å². The number of nitrogens with zero attached hydrogens (tertiary/aromatic N) is 2. The predicted octanol–water partition coefficient (Wildman–Crippen LogP) is 4.22. The molecule has 9 heteroatoms. The molecule has 3 heterocycles. The average molecular weight is 439 g/mol. The lowest BCUT2D eigenvalue weighted by atomic mass is 10.1. The van der Waals surface area contributed by atoms with Gasteiger partial charge in [0, 0.05) is 18.2 Å². The summed E-state index contributed by atoms with van der Waals surface area (Å²) < 4.78 is 21.5. The molecule has 1 amide bonds. The molecule has 0 aliphatic rings. The van der Waals surface area contributed by atoms with Gasteiger partial charge in [-0.25, -0.2) is 4.98 Å². The fourth-order valence-electron chi connectivity index (χ4n) is 3.33. The number of nitrogens with one attached hydrogen (secondary N) is 1. The average Bonchev–Trinajstić information content (AvgIpc) is 3.46. The minimum Gasteiger partial charge on any atom is -0.496 e. The highest BCUT2D eigenvalue weighted by molar-refractivity contribution is 7.13. The highest BCUT2D eigenvalue weighted by Gasteiger charge is 2.20. The lowest BCUT2D eigenvalue weighted by molar-refractivity contribution is 0.0952. The molecule has 0 radical (unpaired) electrons. The topological polar surface area (TPSA) is 95.7 Å². The molecule has 0 atom stereocenters. The van der Waals surface area contributed by atoms with Crippen LogP contribution in [0.3, 0.4) is 0 Å². The van der Waals surface area contributed by atoms with Crippen LogP contribution in [0.2, 0.25) is 0 Å². The lowest BCUT2D eigenvalue weighted by Gasteiger charge is -2.15. The molecule has 0 saturated carbocycles. The van der Waals surface area contributed by atoms with Gasteiger partial charge >= 0.3 is 0 Å². The van der Waals surface area contributed by atoms with E-state index in [1.54, 1.807) is 46.5 Å². The van der Waals surface area contributed by atoms with Crippen molar-refractivity contribution in [2.45, 2.75) is 13.5 Å². The third kappa shape index (κ3) is 3.91. The van der Waals surface area contributed by atoms with E-state index in [0.717, 1.165) is 10.4 Å². The zero-order chi connectivity index (χ0) is 22.0. The summed E-state index contributed by atoms with van der Waals surface area (Å²) in [5.41, 5.74) is 2.80. The maximum Gasteiger partial charge on any atom is 0.259 e. The third-order valence-electron chi connectivity index (χ3n) is 4.86. The zero-order valence-electron chi connectivity index (χ0n) is 17.5. The Kier molecular flexibility index (Phi) is 5.77. The van der Waals surface area contributed by atoms with Crippen LogP contribution in [0, 0.1) is 6.92 Å². The zero-order valence-corrected chi connectivity index (χ0v) is 18.3. The molecule has 0 saturated heterocycles. The number of fused-ring (bicyclic) bond motifs is 1. The fraction of sp³-hybridized carbons (Fsp3) is 0.227. The summed E-state index contributed by atoms with van der Waals surface area (Å²) in [7, 11) is 4.67. The molecule has 0 bridgehead atoms. The second-order valence-electron chi connectivity index (χ2n) is 6.68. The SMILES string of the molecule is COc1cc(OC)c(OC)cc1CNC(=O)c1cc(-c2cccs2)nc2onc(C)c12. The number of ether oxygens (including phenoxy) is 3. The van der Waals surface area contributed by atoms with Gasteiger partial charge in [-0.3, -0.25) is 4.79 Å². The number of carbonyl (C=O) groups excluding carboxylic acids is 1. The first-order valence-electron chi connectivity index (χ1n) is 9.43. The number of methoxy groups -OCH3 is 3. The Morgan fingerprint density at radius 3 is 2.52 bits per heavy atom. The minimum atomic E-state index is -0.270. The van der Waals surface area contributed by atoms with Crippen molar-refractivity contribution in [3.63, 3.8) is 0 Å². The van der Waals surface area contributed by atoms with E-state index in [1.807, 2.05) is 17.5 Å². The van der Waals surface area contributed by atoms with Gasteiger partial charge < -0.3 is 24.1 Å². The summed E-state index contributed by atoms with van der Waals surface area (Å²) in [6.07, 6.45) is 0. The van der Waals surface area contributed by atoms with Crippen LogP contribution in [0.15, 0.2) is 40.2 Å². The molecule has 0 fully saturated rings. The summed E-state index contributed by atoms with van der Waals surface area (Å²) in [6.45, 7) is 2.01. The number of aromatic nitrogens is 2. The normalized spacial score (nSPS) is 10.8. The molecule has 4 rings (SSSR count). The Hall–Kier alpha value is -3.59. The first-order chi connectivity index (χ1) is 15.0. The number of rotatable bonds is 7. The van der Waals surface area contributed by atoms with Gasteiger partial charge in [-0.2, -0.15) is 0 Å². The van der Waals surface area contributed by atoms with E-state index in [2.05, 4.69) is 15.5 Å². The van der Waals surface area contributed by atoms with Crippen LogP contribution in [-0.4, -0.2) is 37.4 Å². The number of hydrogen-bond donors (Lipinski definition) is 1. The van der Waals surface area contributed by atoms with Crippen molar-refractivity contribution in [2.24, 2.45) is 0 Å². The van der Waals surface area contributed by atoms with Crippen molar-refractivity contribution in [2.75, 3.05) is 21.3 Å². The molecular formula is C22H21N3O5S. The fourth-order valence-corrected chi connectivity index (χ4v) is 4.01. The van der Waals surface area contributed by atoms with Gasteiger partial charge in [0.05, 0.1) is 48.5 Å². The summed E-state index contributed by atoms with van der Waals surface area (Å²) in [6, 6.07) is 9.14. The van der Waals surface area contributed by atoms with Crippen LogP contribution in [0.5, 0.6) is 17.2 Å². The Balaban J connectivity index is 1.67. The molecule has 4 aromatic rings. The van der Waals surface area contributed by atoms with Crippen LogP contribution < -0.4 is 19.5 Å². The predicted molar refractivity (Wildman–Crippen MR) is 117 cm³/mol. The molecule has 3 aromatic heterocycles. The highest BCUT2D eigenvalue weighted by Crippen LogP contribution is 2.35. The highest BCUT2D eigenvalue weighted by atomic mass is 32.1. The van der Waals surface area contributed by atoms with E-state index in [4.69, 9.17) is 18.7 Å². The van der Waals surface area contributed by atoms with E-state index in [0.29, 0.717) is 45.3 Å². The number of hydrogen-bond acceptors (Lipinski definition) is 8. The number of pyridine rings is 1. The smallest absolute Gasteiger partial charge is 0.259 e. The monoisotopic (exact) mass is 439 g/mol. The van der Waals surface area contributed by atoms with E-state index < -0.39 is 0 Å². The number of thiophene rings is 1. The van der Waals surface area contributed by atoms with Crippen molar-refractivity contribution in [3.05, 3.63) is 52.5 Å².